The van der Waals surface area contributed by atoms with Gasteiger partial charge in [0.25, 0.3) is 11.5 Å². The van der Waals surface area contributed by atoms with Crippen LogP contribution in [-0.4, -0.2) is 31.1 Å². The van der Waals surface area contributed by atoms with E-state index in [0.717, 1.165) is 10.6 Å². The molecule has 0 saturated carbocycles. The van der Waals surface area contributed by atoms with Gasteiger partial charge in [0, 0.05) is 38.8 Å². The minimum Gasteiger partial charge on any atom is -0.376 e. The molecule has 1 aromatic heterocycles. The lowest BCUT2D eigenvalue weighted by Crippen LogP contribution is -2.38. The summed E-state index contributed by atoms with van der Waals surface area (Å²) >= 11 is 0. The molecule has 0 atom stereocenters. The fraction of sp³-hybridized carbons (Fsp3) is 0.273. The summed E-state index contributed by atoms with van der Waals surface area (Å²) in [4.78, 5) is 29.4. The van der Waals surface area contributed by atoms with E-state index in [-0.39, 0.29) is 28.7 Å². The SMILES string of the molecule is CCN(C(=O)c1c(N(C)C)c2c(C(F)(F)F)cccc2n(C)c1=O)c1ccccc1. The molecule has 1 amide bonds. The second-order valence-corrected chi connectivity index (χ2v) is 7.06. The zero-order chi connectivity index (χ0) is 22.2. The second kappa shape index (κ2) is 7.85. The maximum Gasteiger partial charge on any atom is 0.417 e. The predicted molar refractivity (Wildman–Crippen MR) is 112 cm³/mol. The Bertz CT molecular complexity index is 1150. The number of hydrogen-bond donors (Lipinski definition) is 0. The molecule has 5 nitrogen and oxygen atoms in total. The minimum absolute atomic E-state index is 0.0413. The van der Waals surface area contributed by atoms with Crippen molar-refractivity contribution in [3.63, 3.8) is 0 Å². The van der Waals surface area contributed by atoms with Crippen LogP contribution in [0.1, 0.15) is 22.8 Å². The summed E-state index contributed by atoms with van der Waals surface area (Å²) in [6.45, 7) is 1.99. The van der Waals surface area contributed by atoms with Crippen molar-refractivity contribution < 1.29 is 18.0 Å². The van der Waals surface area contributed by atoms with E-state index in [9.17, 15) is 22.8 Å². The van der Waals surface area contributed by atoms with E-state index in [4.69, 9.17) is 0 Å². The standard InChI is InChI=1S/C22H22F3N3O2/c1-5-28(14-10-7-6-8-11-14)21(30)18-19(26(2)3)17-15(22(23,24)25)12-9-13-16(17)27(4)20(18)29/h6-13H,5H2,1-4H3. The third-order valence-electron chi connectivity index (χ3n) is 4.99. The lowest BCUT2D eigenvalue weighted by Gasteiger charge is -2.27. The number of carbonyl (C=O) groups is 1. The summed E-state index contributed by atoms with van der Waals surface area (Å²) in [5.74, 6) is -0.646. The van der Waals surface area contributed by atoms with E-state index in [0.29, 0.717) is 5.69 Å². The smallest absolute Gasteiger partial charge is 0.376 e. The highest BCUT2D eigenvalue weighted by Gasteiger charge is 2.36. The van der Waals surface area contributed by atoms with Gasteiger partial charge in [-0.15, -0.1) is 0 Å². The van der Waals surface area contributed by atoms with Gasteiger partial charge in [-0.05, 0) is 31.2 Å². The zero-order valence-corrected chi connectivity index (χ0v) is 17.1. The third-order valence-corrected chi connectivity index (χ3v) is 4.99. The fourth-order valence-corrected chi connectivity index (χ4v) is 3.63. The Hall–Kier alpha value is -3.29. The molecule has 0 fully saturated rings. The number of pyridine rings is 1. The first kappa shape index (κ1) is 21.4. The van der Waals surface area contributed by atoms with Gasteiger partial charge in [-0.2, -0.15) is 13.2 Å². The first-order valence-electron chi connectivity index (χ1n) is 9.36. The molecule has 3 aromatic rings. The lowest BCUT2D eigenvalue weighted by atomic mass is 10.0. The van der Waals surface area contributed by atoms with E-state index in [1.807, 2.05) is 0 Å². The Morgan fingerprint density at radius 3 is 2.20 bits per heavy atom. The molecule has 158 valence electrons. The second-order valence-electron chi connectivity index (χ2n) is 7.06. The van der Waals surface area contributed by atoms with Gasteiger partial charge in [-0.25, -0.2) is 0 Å². The Balaban J connectivity index is 2.43. The van der Waals surface area contributed by atoms with Crippen LogP contribution in [-0.2, 0) is 13.2 Å². The molecular formula is C22H22F3N3O2. The van der Waals surface area contributed by atoms with E-state index >= 15 is 0 Å². The molecule has 30 heavy (non-hydrogen) atoms. The van der Waals surface area contributed by atoms with Gasteiger partial charge in [-0.1, -0.05) is 24.3 Å². The number of amides is 1. The van der Waals surface area contributed by atoms with Gasteiger partial charge in [-0.3, -0.25) is 9.59 Å². The van der Waals surface area contributed by atoms with Crippen molar-refractivity contribution in [2.75, 3.05) is 30.4 Å². The van der Waals surface area contributed by atoms with E-state index < -0.39 is 23.2 Å². The molecule has 1 heterocycles. The molecule has 0 aliphatic rings. The van der Waals surface area contributed by atoms with E-state index in [1.165, 1.54) is 43.1 Å². The van der Waals surface area contributed by atoms with Crippen LogP contribution in [0, 0.1) is 0 Å². The minimum atomic E-state index is -4.65. The van der Waals surface area contributed by atoms with Crippen molar-refractivity contribution in [3.8, 4) is 0 Å². The van der Waals surface area contributed by atoms with E-state index in [2.05, 4.69) is 0 Å². The normalized spacial score (nSPS) is 11.6. The Kier molecular flexibility index (Phi) is 5.61. The Morgan fingerprint density at radius 2 is 1.67 bits per heavy atom. The summed E-state index contributed by atoms with van der Waals surface area (Å²) in [6.07, 6.45) is -4.65. The molecule has 2 aromatic carbocycles. The van der Waals surface area contributed by atoms with Gasteiger partial charge in [0.15, 0.2) is 0 Å². The first-order chi connectivity index (χ1) is 14.1. The molecule has 0 bridgehead atoms. The van der Waals surface area contributed by atoms with Crippen molar-refractivity contribution in [1.82, 2.24) is 4.57 Å². The number of anilines is 2. The maximum atomic E-state index is 13.8. The maximum absolute atomic E-state index is 13.8. The number of benzene rings is 2. The van der Waals surface area contributed by atoms with Crippen LogP contribution < -0.4 is 15.4 Å². The average molecular weight is 417 g/mol. The van der Waals surface area contributed by atoms with Crippen molar-refractivity contribution in [1.29, 1.82) is 0 Å². The highest BCUT2D eigenvalue weighted by molar-refractivity contribution is 6.14. The zero-order valence-electron chi connectivity index (χ0n) is 17.1. The van der Waals surface area contributed by atoms with Gasteiger partial charge in [0.05, 0.1) is 16.8 Å². The Labute approximate surface area is 171 Å². The third kappa shape index (κ3) is 3.53. The van der Waals surface area contributed by atoms with Crippen LogP contribution >= 0.6 is 0 Å². The average Bonchev–Trinajstić information content (AvgIpc) is 2.70. The molecule has 0 aliphatic heterocycles. The van der Waals surface area contributed by atoms with Crippen LogP contribution in [0.5, 0.6) is 0 Å². The largest absolute Gasteiger partial charge is 0.417 e. The first-order valence-corrected chi connectivity index (χ1v) is 9.36. The summed E-state index contributed by atoms with van der Waals surface area (Å²) in [5, 5.41) is -0.176. The van der Waals surface area contributed by atoms with Gasteiger partial charge >= 0.3 is 6.18 Å². The van der Waals surface area contributed by atoms with Crippen molar-refractivity contribution >= 4 is 28.2 Å². The lowest BCUT2D eigenvalue weighted by molar-refractivity contribution is -0.136. The molecule has 0 aliphatic carbocycles. The van der Waals surface area contributed by atoms with Gasteiger partial charge in [0.2, 0.25) is 0 Å². The van der Waals surface area contributed by atoms with Crippen LogP contribution in [0.15, 0.2) is 53.3 Å². The van der Waals surface area contributed by atoms with Crippen molar-refractivity contribution in [2.45, 2.75) is 13.1 Å². The molecule has 0 radical (unpaired) electrons. The molecule has 3 rings (SSSR count). The van der Waals surface area contributed by atoms with Crippen molar-refractivity contribution in [2.24, 2.45) is 7.05 Å². The van der Waals surface area contributed by atoms with Crippen LogP contribution in [0.3, 0.4) is 0 Å². The quantitative estimate of drug-likeness (QED) is 0.636. The number of para-hydroxylation sites is 1. The number of halogens is 3. The summed E-state index contributed by atoms with van der Waals surface area (Å²) < 4.78 is 42.5. The summed E-state index contributed by atoms with van der Waals surface area (Å²) in [6, 6.07) is 12.4. The van der Waals surface area contributed by atoms with Crippen LogP contribution in [0.2, 0.25) is 0 Å². The molecule has 0 N–H and O–H groups in total. The topological polar surface area (TPSA) is 45.6 Å². The van der Waals surface area contributed by atoms with Crippen LogP contribution in [0.4, 0.5) is 24.5 Å². The molecule has 0 saturated heterocycles. The molecule has 0 unspecified atom stereocenters. The van der Waals surface area contributed by atoms with Crippen molar-refractivity contribution in [3.05, 3.63) is 70.0 Å². The fourth-order valence-electron chi connectivity index (χ4n) is 3.63. The van der Waals surface area contributed by atoms with Gasteiger partial charge < -0.3 is 14.4 Å². The van der Waals surface area contributed by atoms with Gasteiger partial charge in [0.1, 0.15) is 5.56 Å². The molecule has 0 spiro atoms. The molecule has 8 heteroatoms. The number of alkyl halides is 3. The molecular weight excluding hydrogens is 395 g/mol. The number of hydrogen-bond acceptors (Lipinski definition) is 3. The number of rotatable bonds is 4. The number of fused-ring (bicyclic) bond motifs is 1. The van der Waals surface area contributed by atoms with Crippen LogP contribution in [0.25, 0.3) is 10.9 Å². The predicted octanol–water partition coefficient (Wildman–Crippen LogP) is 4.29. The Morgan fingerprint density at radius 1 is 1.03 bits per heavy atom. The number of aryl methyl sites for hydroxylation is 1. The number of aromatic nitrogens is 1. The number of nitrogens with zero attached hydrogens (tertiary/aromatic N) is 3. The van der Waals surface area contributed by atoms with E-state index in [1.54, 1.807) is 37.3 Å². The summed E-state index contributed by atoms with van der Waals surface area (Å²) in [5.41, 5.74) is -1.21. The number of carbonyl (C=O) groups excluding carboxylic acids is 1. The summed E-state index contributed by atoms with van der Waals surface area (Å²) in [7, 11) is 4.42. The monoisotopic (exact) mass is 417 g/mol. The highest BCUT2D eigenvalue weighted by atomic mass is 19.4. The highest BCUT2D eigenvalue weighted by Crippen LogP contribution is 2.39.